The van der Waals surface area contributed by atoms with Crippen molar-refractivity contribution in [2.45, 2.75) is 13.5 Å². The summed E-state index contributed by atoms with van der Waals surface area (Å²) in [6.07, 6.45) is 1.49. The van der Waals surface area contributed by atoms with Crippen molar-refractivity contribution in [1.82, 2.24) is 4.90 Å². The highest BCUT2D eigenvalue weighted by Crippen LogP contribution is 2.28. The number of furan rings is 1. The summed E-state index contributed by atoms with van der Waals surface area (Å²) in [6, 6.07) is 8.40. The molecular formula is C18H21N3O5. The van der Waals surface area contributed by atoms with Gasteiger partial charge in [0.1, 0.15) is 17.0 Å². The van der Waals surface area contributed by atoms with Crippen molar-refractivity contribution < 1.29 is 18.9 Å². The van der Waals surface area contributed by atoms with Crippen molar-refractivity contribution in [3.63, 3.8) is 0 Å². The lowest BCUT2D eigenvalue weighted by atomic mass is 10.2. The maximum Gasteiger partial charge on any atom is 0.341 e. The summed E-state index contributed by atoms with van der Waals surface area (Å²) in [5, 5.41) is 11.2. The zero-order valence-electron chi connectivity index (χ0n) is 14.6. The van der Waals surface area contributed by atoms with Crippen LogP contribution in [-0.4, -0.2) is 48.6 Å². The highest BCUT2D eigenvalue weighted by Gasteiger charge is 2.25. The predicted octanol–water partition coefficient (Wildman–Crippen LogP) is 2.69. The van der Waals surface area contributed by atoms with Crippen molar-refractivity contribution in [1.29, 1.82) is 0 Å². The van der Waals surface area contributed by atoms with Crippen molar-refractivity contribution >= 4 is 17.3 Å². The Labute approximate surface area is 151 Å². The Kier molecular flexibility index (Phi) is 5.52. The van der Waals surface area contributed by atoms with Gasteiger partial charge in [-0.05, 0) is 19.1 Å². The molecule has 0 atom stereocenters. The molecule has 1 fully saturated rings. The average Bonchev–Trinajstić information content (AvgIpc) is 3.11. The van der Waals surface area contributed by atoms with Gasteiger partial charge < -0.3 is 14.1 Å². The smallest absolute Gasteiger partial charge is 0.341 e. The molecule has 2 heterocycles. The van der Waals surface area contributed by atoms with E-state index in [0.717, 1.165) is 13.1 Å². The van der Waals surface area contributed by atoms with Gasteiger partial charge >= 0.3 is 5.97 Å². The van der Waals surface area contributed by atoms with Gasteiger partial charge in [0.05, 0.1) is 24.3 Å². The first-order valence-corrected chi connectivity index (χ1v) is 8.54. The van der Waals surface area contributed by atoms with Gasteiger partial charge in [-0.3, -0.25) is 15.0 Å². The molecule has 0 bridgehead atoms. The zero-order chi connectivity index (χ0) is 18.5. The van der Waals surface area contributed by atoms with E-state index in [4.69, 9.17) is 9.15 Å². The third kappa shape index (κ3) is 3.85. The molecule has 1 aromatic carbocycles. The fourth-order valence-electron chi connectivity index (χ4n) is 3.09. The van der Waals surface area contributed by atoms with Crippen molar-refractivity contribution in [3.05, 3.63) is 58.0 Å². The molecule has 0 aliphatic carbocycles. The van der Waals surface area contributed by atoms with Crippen LogP contribution in [0.4, 0.5) is 11.4 Å². The molecule has 1 aliphatic heterocycles. The van der Waals surface area contributed by atoms with Crippen LogP contribution in [0.3, 0.4) is 0 Å². The van der Waals surface area contributed by atoms with Gasteiger partial charge in [0.25, 0.3) is 5.69 Å². The van der Waals surface area contributed by atoms with Gasteiger partial charge in [-0.25, -0.2) is 4.79 Å². The van der Waals surface area contributed by atoms with E-state index in [1.165, 1.54) is 12.3 Å². The second-order valence-electron chi connectivity index (χ2n) is 5.99. The lowest BCUT2D eigenvalue weighted by Gasteiger charge is -2.35. The molecule has 0 amide bonds. The minimum Gasteiger partial charge on any atom is -0.467 e. The predicted molar refractivity (Wildman–Crippen MR) is 95.3 cm³/mol. The molecule has 0 spiro atoms. The molecule has 3 rings (SSSR count). The Hall–Kier alpha value is -2.87. The van der Waals surface area contributed by atoms with Crippen molar-refractivity contribution in [2.75, 3.05) is 37.7 Å². The van der Waals surface area contributed by atoms with Gasteiger partial charge in [-0.15, -0.1) is 0 Å². The molecule has 1 aliphatic rings. The number of carbonyl (C=O) groups is 1. The fourth-order valence-corrected chi connectivity index (χ4v) is 3.09. The Morgan fingerprint density at radius 3 is 2.65 bits per heavy atom. The summed E-state index contributed by atoms with van der Waals surface area (Å²) in [7, 11) is 0. The van der Waals surface area contributed by atoms with Gasteiger partial charge in [-0.2, -0.15) is 0 Å². The lowest BCUT2D eigenvalue weighted by molar-refractivity contribution is -0.384. The number of ether oxygens (including phenoxy) is 1. The number of nitrogens with zero attached hydrogens (tertiary/aromatic N) is 3. The van der Waals surface area contributed by atoms with Crippen molar-refractivity contribution in [2.24, 2.45) is 0 Å². The SMILES string of the molecule is CCOC(=O)c1ccoc1CN1CCN(c2ccccc2[N+](=O)[O-])CC1. The average molecular weight is 359 g/mol. The molecule has 8 nitrogen and oxygen atoms in total. The van der Waals surface area contributed by atoms with Gasteiger partial charge in [0.2, 0.25) is 0 Å². The first kappa shape index (κ1) is 17.9. The summed E-state index contributed by atoms with van der Waals surface area (Å²) in [5.41, 5.74) is 1.21. The van der Waals surface area contributed by atoms with Crippen LogP contribution in [0.15, 0.2) is 41.0 Å². The summed E-state index contributed by atoms with van der Waals surface area (Å²) in [4.78, 5) is 27.0. The summed E-state index contributed by atoms with van der Waals surface area (Å²) in [6.45, 7) is 5.36. The van der Waals surface area contributed by atoms with Crippen molar-refractivity contribution in [3.8, 4) is 0 Å². The van der Waals surface area contributed by atoms with Crippen LogP contribution in [0, 0.1) is 10.1 Å². The molecule has 1 aromatic heterocycles. The second kappa shape index (κ2) is 8.01. The summed E-state index contributed by atoms with van der Waals surface area (Å²) < 4.78 is 10.5. The molecule has 138 valence electrons. The van der Waals surface area contributed by atoms with Crippen LogP contribution in [0.2, 0.25) is 0 Å². The van der Waals surface area contributed by atoms with E-state index in [1.54, 1.807) is 25.1 Å². The van der Waals surface area contributed by atoms with E-state index in [2.05, 4.69) is 4.90 Å². The Morgan fingerprint density at radius 2 is 1.96 bits per heavy atom. The number of nitro groups is 1. The quantitative estimate of drug-likeness (QED) is 0.445. The molecule has 8 heteroatoms. The molecule has 0 unspecified atom stereocenters. The van der Waals surface area contributed by atoms with E-state index >= 15 is 0 Å². The monoisotopic (exact) mass is 359 g/mol. The van der Waals surface area contributed by atoms with E-state index in [1.807, 2.05) is 11.0 Å². The number of rotatable bonds is 6. The zero-order valence-corrected chi connectivity index (χ0v) is 14.6. The third-order valence-electron chi connectivity index (χ3n) is 4.40. The number of para-hydroxylation sites is 2. The molecule has 2 aromatic rings. The number of benzene rings is 1. The molecule has 1 saturated heterocycles. The lowest BCUT2D eigenvalue weighted by Crippen LogP contribution is -2.46. The van der Waals surface area contributed by atoms with E-state index < -0.39 is 0 Å². The molecular weight excluding hydrogens is 338 g/mol. The van der Waals surface area contributed by atoms with E-state index in [0.29, 0.717) is 43.3 Å². The number of esters is 1. The Morgan fingerprint density at radius 1 is 1.23 bits per heavy atom. The van der Waals surface area contributed by atoms with Crippen LogP contribution in [0.5, 0.6) is 0 Å². The number of carbonyl (C=O) groups excluding carboxylic acids is 1. The third-order valence-corrected chi connectivity index (χ3v) is 4.40. The first-order chi connectivity index (χ1) is 12.6. The van der Waals surface area contributed by atoms with Crippen LogP contribution in [0.1, 0.15) is 23.0 Å². The summed E-state index contributed by atoms with van der Waals surface area (Å²) in [5.74, 6) is 0.206. The molecule has 26 heavy (non-hydrogen) atoms. The number of anilines is 1. The number of hydrogen-bond acceptors (Lipinski definition) is 7. The number of hydrogen-bond donors (Lipinski definition) is 0. The normalized spacial score (nSPS) is 15.0. The maximum atomic E-state index is 11.9. The second-order valence-corrected chi connectivity index (χ2v) is 5.99. The highest BCUT2D eigenvalue weighted by molar-refractivity contribution is 5.90. The van der Waals surface area contributed by atoms with Gasteiger partial charge in [0, 0.05) is 32.2 Å². The van der Waals surface area contributed by atoms with Crippen LogP contribution >= 0.6 is 0 Å². The summed E-state index contributed by atoms with van der Waals surface area (Å²) >= 11 is 0. The number of piperazine rings is 1. The number of nitro benzene ring substituents is 1. The van der Waals surface area contributed by atoms with Gasteiger partial charge in [-0.1, -0.05) is 12.1 Å². The molecule has 0 saturated carbocycles. The van der Waals surface area contributed by atoms with Crippen LogP contribution in [-0.2, 0) is 11.3 Å². The largest absolute Gasteiger partial charge is 0.467 e. The minimum absolute atomic E-state index is 0.122. The fraction of sp³-hybridized carbons (Fsp3) is 0.389. The minimum atomic E-state index is -0.380. The first-order valence-electron chi connectivity index (χ1n) is 8.54. The highest BCUT2D eigenvalue weighted by atomic mass is 16.6. The maximum absolute atomic E-state index is 11.9. The van der Waals surface area contributed by atoms with Gasteiger partial charge in [0.15, 0.2) is 0 Å². The topological polar surface area (TPSA) is 89.1 Å². The molecule has 0 N–H and O–H groups in total. The van der Waals surface area contributed by atoms with E-state index in [-0.39, 0.29) is 16.6 Å². The van der Waals surface area contributed by atoms with E-state index in [9.17, 15) is 14.9 Å². The van der Waals surface area contributed by atoms with Crippen LogP contribution in [0.25, 0.3) is 0 Å². The molecule has 0 radical (unpaired) electrons. The Bertz CT molecular complexity index is 781. The van der Waals surface area contributed by atoms with Crippen LogP contribution < -0.4 is 4.90 Å². The Balaban J connectivity index is 1.63. The standard InChI is InChI=1S/C18H21N3O5/c1-2-25-18(22)14-7-12-26-17(14)13-19-8-10-20(11-9-19)15-5-3-4-6-16(15)21(23)24/h3-7,12H,2,8-11,13H2,1H3.